The Bertz CT molecular complexity index is 167. The van der Waals surface area contributed by atoms with Gasteiger partial charge >= 0.3 is 0 Å². The fourth-order valence-electron chi connectivity index (χ4n) is 2.22. The van der Waals surface area contributed by atoms with Crippen LogP contribution in [0.1, 0.15) is 39.0 Å². The average molecular weight is 183 g/mol. The molecule has 0 aromatic rings. The highest BCUT2D eigenvalue weighted by atomic mass is 16.5. The fraction of sp³-hybridized carbons (Fsp3) is 1.00. The monoisotopic (exact) mass is 183 g/mol. The Morgan fingerprint density at radius 1 is 1.46 bits per heavy atom. The van der Waals surface area contributed by atoms with Crippen LogP contribution >= 0.6 is 0 Å². The zero-order valence-electron chi connectivity index (χ0n) is 8.54. The molecule has 1 heterocycles. The van der Waals surface area contributed by atoms with E-state index in [1.165, 1.54) is 32.1 Å². The maximum absolute atomic E-state index is 6.14. The Hall–Kier alpha value is -0.0800. The van der Waals surface area contributed by atoms with Gasteiger partial charge in [0.15, 0.2) is 0 Å². The van der Waals surface area contributed by atoms with Gasteiger partial charge in [-0.05, 0) is 38.0 Å². The number of ether oxygens (including phenoxy) is 1. The van der Waals surface area contributed by atoms with Gasteiger partial charge in [0.25, 0.3) is 0 Å². The second kappa shape index (κ2) is 3.97. The molecule has 1 saturated carbocycles. The van der Waals surface area contributed by atoms with E-state index in [4.69, 9.17) is 10.5 Å². The summed E-state index contributed by atoms with van der Waals surface area (Å²) in [5.74, 6) is 1.65. The normalized spacial score (nSPS) is 36.5. The molecule has 0 radical (unpaired) electrons. The molecule has 1 aliphatic carbocycles. The quantitative estimate of drug-likeness (QED) is 0.722. The van der Waals surface area contributed by atoms with Crippen LogP contribution < -0.4 is 5.73 Å². The van der Waals surface area contributed by atoms with Crippen LogP contribution in [0.15, 0.2) is 0 Å². The molecule has 2 N–H and O–H groups in total. The smallest absolute Gasteiger partial charge is 0.0551 e. The third kappa shape index (κ3) is 2.68. The van der Waals surface area contributed by atoms with Gasteiger partial charge in [-0.25, -0.2) is 0 Å². The van der Waals surface area contributed by atoms with E-state index in [0.29, 0.717) is 18.1 Å². The first-order valence-corrected chi connectivity index (χ1v) is 5.63. The van der Waals surface area contributed by atoms with Gasteiger partial charge in [-0.1, -0.05) is 12.8 Å². The highest BCUT2D eigenvalue weighted by Crippen LogP contribution is 2.35. The lowest BCUT2D eigenvalue weighted by Gasteiger charge is -2.17. The van der Waals surface area contributed by atoms with Gasteiger partial charge in [-0.15, -0.1) is 0 Å². The van der Waals surface area contributed by atoms with Crippen molar-refractivity contribution >= 4 is 0 Å². The summed E-state index contributed by atoms with van der Waals surface area (Å²) >= 11 is 0. The van der Waals surface area contributed by atoms with Crippen molar-refractivity contribution in [1.29, 1.82) is 0 Å². The van der Waals surface area contributed by atoms with Crippen LogP contribution in [0.2, 0.25) is 0 Å². The van der Waals surface area contributed by atoms with Crippen molar-refractivity contribution in [2.75, 3.05) is 6.61 Å². The van der Waals surface area contributed by atoms with E-state index < -0.39 is 0 Å². The van der Waals surface area contributed by atoms with Crippen LogP contribution in [0.25, 0.3) is 0 Å². The van der Waals surface area contributed by atoms with Gasteiger partial charge in [-0.2, -0.15) is 0 Å². The van der Waals surface area contributed by atoms with Crippen molar-refractivity contribution in [2.24, 2.45) is 17.6 Å². The van der Waals surface area contributed by atoms with Gasteiger partial charge in [0, 0.05) is 6.04 Å². The van der Waals surface area contributed by atoms with Gasteiger partial charge in [0.05, 0.1) is 12.7 Å². The molecule has 2 aliphatic rings. The Balaban J connectivity index is 1.66. The first-order chi connectivity index (χ1) is 6.25. The van der Waals surface area contributed by atoms with Gasteiger partial charge in [-0.3, -0.25) is 0 Å². The minimum Gasteiger partial charge on any atom is -0.378 e. The second-order valence-corrected chi connectivity index (χ2v) is 4.82. The van der Waals surface area contributed by atoms with E-state index in [2.05, 4.69) is 6.92 Å². The SMILES string of the molecule is CC1CC(C(N)CCC2CC2)CO1. The lowest BCUT2D eigenvalue weighted by Crippen LogP contribution is -2.30. The van der Waals surface area contributed by atoms with Crippen molar-refractivity contribution in [2.45, 2.75) is 51.2 Å². The number of rotatable bonds is 4. The molecular formula is C11H21NO. The predicted molar refractivity (Wildman–Crippen MR) is 53.5 cm³/mol. The van der Waals surface area contributed by atoms with Crippen molar-refractivity contribution in [1.82, 2.24) is 0 Å². The molecule has 0 aromatic carbocycles. The fourth-order valence-corrected chi connectivity index (χ4v) is 2.22. The molecule has 2 heteroatoms. The Kier molecular flexibility index (Phi) is 2.89. The zero-order chi connectivity index (χ0) is 9.26. The molecule has 0 aromatic heterocycles. The summed E-state index contributed by atoms with van der Waals surface area (Å²) in [4.78, 5) is 0. The average Bonchev–Trinajstić information content (AvgIpc) is 2.84. The maximum atomic E-state index is 6.14. The summed E-state index contributed by atoms with van der Waals surface area (Å²) in [6.45, 7) is 3.04. The third-order valence-corrected chi connectivity index (χ3v) is 3.44. The van der Waals surface area contributed by atoms with Crippen LogP contribution in [0, 0.1) is 11.8 Å². The number of nitrogens with two attached hydrogens (primary N) is 1. The van der Waals surface area contributed by atoms with Crippen LogP contribution in [0.5, 0.6) is 0 Å². The summed E-state index contributed by atoms with van der Waals surface area (Å²) in [5.41, 5.74) is 6.14. The minimum atomic E-state index is 0.394. The van der Waals surface area contributed by atoms with E-state index in [-0.39, 0.29) is 0 Å². The highest BCUT2D eigenvalue weighted by Gasteiger charge is 2.29. The molecule has 2 nitrogen and oxygen atoms in total. The summed E-state index contributed by atoms with van der Waals surface area (Å²) in [5, 5.41) is 0. The van der Waals surface area contributed by atoms with E-state index in [1.807, 2.05) is 0 Å². The molecule has 3 unspecified atom stereocenters. The molecular weight excluding hydrogens is 162 g/mol. The van der Waals surface area contributed by atoms with Crippen molar-refractivity contribution in [3.8, 4) is 0 Å². The third-order valence-electron chi connectivity index (χ3n) is 3.44. The summed E-state index contributed by atoms with van der Waals surface area (Å²) < 4.78 is 5.53. The van der Waals surface area contributed by atoms with E-state index in [0.717, 1.165) is 12.5 Å². The second-order valence-electron chi connectivity index (χ2n) is 4.82. The van der Waals surface area contributed by atoms with Gasteiger partial charge in [0.2, 0.25) is 0 Å². The van der Waals surface area contributed by atoms with Crippen molar-refractivity contribution in [3.05, 3.63) is 0 Å². The molecule has 0 bridgehead atoms. The molecule has 3 atom stereocenters. The summed E-state index contributed by atoms with van der Waals surface area (Å²) in [7, 11) is 0. The molecule has 0 spiro atoms. The first-order valence-electron chi connectivity index (χ1n) is 5.63. The highest BCUT2D eigenvalue weighted by molar-refractivity contribution is 4.82. The zero-order valence-corrected chi connectivity index (χ0v) is 8.54. The van der Waals surface area contributed by atoms with Crippen molar-refractivity contribution < 1.29 is 4.74 Å². The maximum Gasteiger partial charge on any atom is 0.0551 e. The summed E-state index contributed by atoms with van der Waals surface area (Å²) in [6, 6.07) is 0.394. The predicted octanol–water partition coefficient (Wildman–Crippen LogP) is 1.93. The Morgan fingerprint density at radius 2 is 2.23 bits per heavy atom. The Morgan fingerprint density at radius 3 is 2.77 bits per heavy atom. The van der Waals surface area contributed by atoms with Crippen LogP contribution in [0.4, 0.5) is 0 Å². The molecule has 0 amide bonds. The number of hydrogen-bond donors (Lipinski definition) is 1. The van der Waals surface area contributed by atoms with Crippen LogP contribution in [0.3, 0.4) is 0 Å². The largest absolute Gasteiger partial charge is 0.378 e. The molecule has 1 aliphatic heterocycles. The Labute approximate surface area is 80.8 Å². The topological polar surface area (TPSA) is 35.2 Å². The molecule has 2 fully saturated rings. The lowest BCUT2D eigenvalue weighted by atomic mass is 9.93. The molecule has 76 valence electrons. The first kappa shape index (κ1) is 9.47. The summed E-state index contributed by atoms with van der Waals surface area (Å²) in [6.07, 6.45) is 7.08. The van der Waals surface area contributed by atoms with Gasteiger partial charge < -0.3 is 10.5 Å². The molecule has 1 saturated heterocycles. The van der Waals surface area contributed by atoms with Gasteiger partial charge in [0.1, 0.15) is 0 Å². The standard InChI is InChI=1S/C11H21NO/c1-8-6-10(7-13-8)11(12)5-4-9-2-3-9/h8-11H,2-7,12H2,1H3. The van der Waals surface area contributed by atoms with Crippen LogP contribution in [-0.4, -0.2) is 18.8 Å². The van der Waals surface area contributed by atoms with Crippen LogP contribution in [-0.2, 0) is 4.74 Å². The lowest BCUT2D eigenvalue weighted by molar-refractivity contribution is 0.118. The number of hydrogen-bond acceptors (Lipinski definition) is 2. The molecule has 13 heavy (non-hydrogen) atoms. The van der Waals surface area contributed by atoms with E-state index >= 15 is 0 Å². The van der Waals surface area contributed by atoms with E-state index in [9.17, 15) is 0 Å². The van der Waals surface area contributed by atoms with Crippen molar-refractivity contribution in [3.63, 3.8) is 0 Å². The minimum absolute atomic E-state index is 0.394. The molecule has 2 rings (SSSR count). The van der Waals surface area contributed by atoms with E-state index in [1.54, 1.807) is 0 Å².